The van der Waals surface area contributed by atoms with E-state index in [-0.39, 0.29) is 0 Å². The van der Waals surface area contributed by atoms with Gasteiger partial charge in [0.2, 0.25) is 0 Å². The largest absolute Gasteiger partial charge is 0.372 e. The maximum absolute atomic E-state index is 5.41. The second kappa shape index (κ2) is 9.43. The van der Waals surface area contributed by atoms with E-state index in [1.807, 2.05) is 5.38 Å². The van der Waals surface area contributed by atoms with Gasteiger partial charge in [-0.15, -0.1) is 5.10 Å². The Kier molecular flexibility index (Phi) is 6.73. The van der Waals surface area contributed by atoms with Gasteiger partial charge in [0.1, 0.15) is 5.69 Å². The van der Waals surface area contributed by atoms with Gasteiger partial charge in [-0.05, 0) is 67.4 Å². The van der Waals surface area contributed by atoms with Crippen LogP contribution in [0.25, 0.3) is 11.3 Å². The summed E-state index contributed by atoms with van der Waals surface area (Å²) in [6.07, 6.45) is 0. The van der Waals surface area contributed by atoms with Gasteiger partial charge < -0.3 is 15.5 Å². The van der Waals surface area contributed by atoms with Crippen molar-refractivity contribution >= 4 is 40.2 Å². The number of nitrogens with zero attached hydrogens (tertiary/aromatic N) is 3. The molecule has 0 aliphatic rings. The third-order valence-corrected chi connectivity index (χ3v) is 5.07. The molecule has 3 aromatic rings. The Morgan fingerprint density at radius 1 is 1.04 bits per heavy atom. The van der Waals surface area contributed by atoms with Crippen LogP contribution in [0.2, 0.25) is 0 Å². The summed E-state index contributed by atoms with van der Waals surface area (Å²) in [4.78, 5) is 2.31. The lowest BCUT2D eigenvalue weighted by Crippen LogP contribution is -2.28. The molecule has 1 aromatic heterocycles. The minimum absolute atomic E-state index is 0.610. The molecule has 0 fully saturated rings. The highest BCUT2D eigenvalue weighted by atomic mass is 32.1. The molecule has 0 spiro atoms. The fraction of sp³-hybridized carbons (Fsp3) is 0.250. The van der Waals surface area contributed by atoms with Crippen LogP contribution in [0.1, 0.15) is 19.4 Å². The van der Waals surface area contributed by atoms with Crippen LogP contribution in [0.15, 0.2) is 53.9 Å². The molecule has 27 heavy (non-hydrogen) atoms. The number of rotatable bonds is 7. The summed E-state index contributed by atoms with van der Waals surface area (Å²) in [5.74, 6) is 0. The summed E-state index contributed by atoms with van der Waals surface area (Å²) in [5.41, 5.74) is 5.34. The summed E-state index contributed by atoms with van der Waals surface area (Å²) in [7, 11) is 0. The molecule has 7 heteroatoms. The molecule has 2 N–H and O–H groups in total. The van der Waals surface area contributed by atoms with Gasteiger partial charge in [-0.2, -0.15) is 0 Å². The molecule has 5 nitrogen and oxygen atoms in total. The average Bonchev–Trinajstić information content (AvgIpc) is 3.24. The van der Waals surface area contributed by atoms with E-state index < -0.39 is 0 Å². The minimum Gasteiger partial charge on any atom is -0.372 e. The number of aromatic nitrogens is 2. The molecule has 140 valence electrons. The van der Waals surface area contributed by atoms with Crippen molar-refractivity contribution in [2.45, 2.75) is 20.4 Å². The van der Waals surface area contributed by atoms with Gasteiger partial charge in [-0.3, -0.25) is 0 Å². The third kappa shape index (κ3) is 5.24. The normalized spacial score (nSPS) is 10.4. The van der Waals surface area contributed by atoms with Crippen molar-refractivity contribution in [3.63, 3.8) is 0 Å². The van der Waals surface area contributed by atoms with E-state index in [0.29, 0.717) is 11.7 Å². The van der Waals surface area contributed by atoms with Gasteiger partial charge in [-0.25, -0.2) is 0 Å². The monoisotopic (exact) mass is 397 g/mol. The van der Waals surface area contributed by atoms with Gasteiger partial charge in [0, 0.05) is 42.0 Å². The molecule has 0 radical (unpaired) electrons. The number of anilines is 2. The van der Waals surface area contributed by atoms with E-state index >= 15 is 0 Å². The highest BCUT2D eigenvalue weighted by Crippen LogP contribution is 2.19. The lowest BCUT2D eigenvalue weighted by molar-refractivity contribution is 0.866. The van der Waals surface area contributed by atoms with E-state index in [1.54, 1.807) is 0 Å². The first-order valence-electron chi connectivity index (χ1n) is 8.95. The van der Waals surface area contributed by atoms with Gasteiger partial charge in [-0.1, -0.05) is 28.8 Å². The number of benzene rings is 2. The topological polar surface area (TPSA) is 53.1 Å². The van der Waals surface area contributed by atoms with Crippen molar-refractivity contribution in [2.24, 2.45) is 0 Å². The Morgan fingerprint density at radius 3 is 2.33 bits per heavy atom. The Morgan fingerprint density at radius 2 is 1.74 bits per heavy atom. The van der Waals surface area contributed by atoms with Crippen molar-refractivity contribution in [3.8, 4) is 11.3 Å². The molecule has 0 amide bonds. The molecule has 0 unspecified atom stereocenters. The van der Waals surface area contributed by atoms with Crippen LogP contribution in [0.5, 0.6) is 0 Å². The Hall–Kier alpha value is -2.51. The average molecular weight is 398 g/mol. The van der Waals surface area contributed by atoms with Crippen molar-refractivity contribution < 1.29 is 0 Å². The summed E-state index contributed by atoms with van der Waals surface area (Å²) in [6.45, 7) is 6.99. The Labute approximate surface area is 169 Å². The molecule has 1 heterocycles. The number of hydrogen-bond donors (Lipinski definition) is 2. The predicted octanol–water partition coefficient (Wildman–Crippen LogP) is 4.54. The second-order valence-electron chi connectivity index (χ2n) is 6.01. The zero-order chi connectivity index (χ0) is 19.1. The summed E-state index contributed by atoms with van der Waals surface area (Å²) in [5, 5.41) is 13.1. The fourth-order valence-corrected chi connectivity index (χ4v) is 3.44. The third-order valence-electron chi connectivity index (χ3n) is 4.32. The Balaban J connectivity index is 1.51. The number of hydrogen-bond acceptors (Lipinski definition) is 5. The van der Waals surface area contributed by atoms with E-state index in [2.05, 4.69) is 87.5 Å². The molecule has 0 bridgehead atoms. The van der Waals surface area contributed by atoms with Crippen molar-refractivity contribution in [2.75, 3.05) is 23.3 Å². The zero-order valence-electron chi connectivity index (χ0n) is 15.5. The zero-order valence-corrected chi connectivity index (χ0v) is 17.1. The summed E-state index contributed by atoms with van der Waals surface area (Å²) in [6, 6.07) is 16.6. The highest BCUT2D eigenvalue weighted by Gasteiger charge is 2.04. The first-order valence-corrected chi connectivity index (χ1v) is 10.2. The van der Waals surface area contributed by atoms with Crippen LogP contribution in [0.3, 0.4) is 0 Å². The lowest BCUT2D eigenvalue weighted by atomic mass is 10.1. The minimum atomic E-state index is 0.610. The first-order chi connectivity index (χ1) is 13.2. The fourth-order valence-electron chi connectivity index (χ4n) is 2.79. The molecular weight excluding hydrogens is 374 g/mol. The number of nitrogens with one attached hydrogen (secondary N) is 2. The van der Waals surface area contributed by atoms with E-state index in [0.717, 1.165) is 35.6 Å². The first kappa shape index (κ1) is 19.3. The van der Waals surface area contributed by atoms with Crippen LogP contribution in [0, 0.1) is 0 Å². The van der Waals surface area contributed by atoms with E-state index in [9.17, 15) is 0 Å². The van der Waals surface area contributed by atoms with Crippen LogP contribution < -0.4 is 15.5 Å². The lowest BCUT2D eigenvalue weighted by Gasteiger charge is -2.21. The van der Waals surface area contributed by atoms with Gasteiger partial charge in [0.25, 0.3) is 0 Å². The SMILES string of the molecule is CCN(CC)c1ccc(NC(=S)NCc2ccc(-c3csnn3)cc2)cc1. The summed E-state index contributed by atoms with van der Waals surface area (Å²) >= 11 is 6.76. The van der Waals surface area contributed by atoms with Crippen molar-refractivity contribution in [1.29, 1.82) is 0 Å². The van der Waals surface area contributed by atoms with E-state index in [1.165, 1.54) is 17.2 Å². The molecule has 3 rings (SSSR count). The van der Waals surface area contributed by atoms with Crippen LogP contribution in [0.4, 0.5) is 11.4 Å². The maximum atomic E-state index is 5.41. The molecule has 0 atom stereocenters. The predicted molar refractivity (Wildman–Crippen MR) is 118 cm³/mol. The second-order valence-corrected chi connectivity index (χ2v) is 7.03. The Bertz CT molecular complexity index is 841. The highest BCUT2D eigenvalue weighted by molar-refractivity contribution is 7.80. The molecule has 0 aliphatic carbocycles. The van der Waals surface area contributed by atoms with Crippen molar-refractivity contribution in [3.05, 3.63) is 59.5 Å². The number of thiocarbonyl (C=S) groups is 1. The van der Waals surface area contributed by atoms with Crippen LogP contribution in [-0.4, -0.2) is 27.8 Å². The smallest absolute Gasteiger partial charge is 0.171 e. The standard InChI is InChI=1S/C20H23N5S2/c1-3-25(4-2)18-11-9-17(10-12-18)22-20(26)21-13-15-5-7-16(8-6-15)19-14-27-24-23-19/h5-12,14H,3-4,13H2,1-2H3,(H2,21,22,26). The molecule has 2 aromatic carbocycles. The van der Waals surface area contributed by atoms with Crippen LogP contribution >= 0.6 is 23.8 Å². The summed E-state index contributed by atoms with van der Waals surface area (Å²) < 4.78 is 3.90. The van der Waals surface area contributed by atoms with Crippen LogP contribution in [-0.2, 0) is 6.54 Å². The van der Waals surface area contributed by atoms with Crippen molar-refractivity contribution in [1.82, 2.24) is 14.9 Å². The molecule has 0 aliphatic heterocycles. The maximum Gasteiger partial charge on any atom is 0.171 e. The quantitative estimate of drug-likeness (QED) is 0.571. The van der Waals surface area contributed by atoms with Gasteiger partial charge in [0.05, 0.1) is 0 Å². The molecule has 0 saturated heterocycles. The van der Waals surface area contributed by atoms with Gasteiger partial charge >= 0.3 is 0 Å². The van der Waals surface area contributed by atoms with Gasteiger partial charge in [0.15, 0.2) is 5.11 Å². The molecular formula is C20H23N5S2. The van der Waals surface area contributed by atoms with E-state index in [4.69, 9.17) is 12.2 Å². The molecule has 0 saturated carbocycles.